The van der Waals surface area contributed by atoms with Crippen molar-refractivity contribution in [2.75, 3.05) is 0 Å². The highest BCUT2D eigenvalue weighted by molar-refractivity contribution is 6.88. The van der Waals surface area contributed by atoms with Gasteiger partial charge in [-0.1, -0.05) is 0 Å². The summed E-state index contributed by atoms with van der Waals surface area (Å²) in [4.78, 5) is 0. The van der Waals surface area contributed by atoms with Gasteiger partial charge in [0.1, 0.15) is 8.32 Å². The van der Waals surface area contributed by atoms with E-state index in [1.54, 1.807) is 0 Å². The molecule has 0 rings (SSSR count). The van der Waals surface area contributed by atoms with Gasteiger partial charge in [-0.3, -0.25) is 0 Å². The Kier molecular flexibility index (Phi) is 4.68. The van der Waals surface area contributed by atoms with Gasteiger partial charge in [0, 0.05) is 0 Å². The predicted molar refractivity (Wildman–Crippen MR) is 64.1 cm³/mol. The molecule has 0 aliphatic heterocycles. The number of hydrogen-bond acceptors (Lipinski definition) is 1. The lowest BCUT2D eigenvalue weighted by Crippen LogP contribution is -2.42. The van der Waals surface area contributed by atoms with Crippen molar-refractivity contribution < 1.29 is 4.12 Å². The van der Waals surface area contributed by atoms with Crippen LogP contribution in [0.15, 0.2) is 12.3 Å². The molecule has 0 aliphatic rings. The molecule has 0 unspecified atom stereocenters. The fourth-order valence-corrected chi connectivity index (χ4v) is 11.9. The van der Waals surface area contributed by atoms with E-state index in [0.717, 1.165) is 0 Å². The molecule has 72 valence electrons. The molecule has 0 amide bonds. The summed E-state index contributed by atoms with van der Waals surface area (Å²) in [5.74, 6) is 0. The lowest BCUT2D eigenvalue weighted by molar-refractivity contribution is 0.556. The third kappa shape index (κ3) is 7.02. The van der Waals surface area contributed by atoms with E-state index in [9.17, 15) is 0 Å². The van der Waals surface area contributed by atoms with E-state index in [4.69, 9.17) is 4.12 Å². The van der Waals surface area contributed by atoms with Crippen LogP contribution in [0, 0.1) is 0 Å². The number of hydrogen-bond donors (Lipinski definition) is 0. The van der Waals surface area contributed by atoms with Crippen LogP contribution in [0.4, 0.5) is 0 Å². The molecule has 0 atom stereocenters. The first-order valence-electron chi connectivity index (χ1n) is 4.41. The minimum absolute atomic E-state index is 0.423. The summed E-state index contributed by atoms with van der Waals surface area (Å²) in [7, 11) is -2.21. The molecule has 0 aromatic heterocycles. The Hall–Kier alpha value is 0.351. The van der Waals surface area contributed by atoms with Crippen molar-refractivity contribution in [1.29, 1.82) is 0 Å². The summed E-state index contributed by atoms with van der Waals surface area (Å²) in [6.45, 7) is 15.2. The second-order valence-corrected chi connectivity index (χ2v) is 15.8. The molecule has 12 heavy (non-hydrogen) atoms. The van der Waals surface area contributed by atoms with Crippen molar-refractivity contribution in [3.05, 3.63) is 12.3 Å². The molecule has 4 heteroatoms. The van der Waals surface area contributed by atoms with E-state index < -0.39 is 16.6 Å². The minimum atomic E-state index is -1.33. The van der Waals surface area contributed by atoms with Gasteiger partial charge in [-0.25, -0.2) is 5.70 Å². The highest BCUT2D eigenvalue weighted by atomic mass is 28.4. The van der Waals surface area contributed by atoms with Crippen molar-refractivity contribution >= 4 is 26.2 Å². The van der Waals surface area contributed by atoms with Crippen molar-refractivity contribution in [3.63, 3.8) is 0 Å². The largest absolute Gasteiger partial charge is 0.458 e. The molecule has 0 aliphatic carbocycles. The summed E-state index contributed by atoms with van der Waals surface area (Å²) in [6.07, 6.45) is 0. The van der Waals surface area contributed by atoms with Gasteiger partial charge in [0.15, 0.2) is 8.32 Å². The minimum Gasteiger partial charge on any atom is -0.458 e. The van der Waals surface area contributed by atoms with Gasteiger partial charge in [0.2, 0.25) is 0 Å². The Morgan fingerprint density at radius 1 is 1.25 bits per heavy atom. The molecule has 0 saturated carbocycles. The third-order valence-electron chi connectivity index (χ3n) is 1.36. The Balaban J connectivity index is 3.94. The fraction of sp³-hybridized carbons (Fsp3) is 0.750. The molecule has 0 spiro atoms. The second-order valence-electron chi connectivity index (χ2n) is 4.65. The maximum absolute atomic E-state index is 6.18. The van der Waals surface area contributed by atoms with E-state index in [1.807, 2.05) is 0 Å². The fourth-order valence-electron chi connectivity index (χ4n) is 1.24. The quantitative estimate of drug-likeness (QED) is 0.643. The first-order chi connectivity index (χ1) is 5.27. The van der Waals surface area contributed by atoms with Gasteiger partial charge in [0.05, 0.1) is 0 Å². The lowest BCUT2D eigenvalue weighted by atomic mass is 11.3. The first-order valence-corrected chi connectivity index (χ1v) is 12.4. The highest BCUT2D eigenvalue weighted by Gasteiger charge is 2.25. The third-order valence-corrected chi connectivity index (χ3v) is 11.2. The van der Waals surface area contributed by atoms with Crippen LogP contribution in [-0.2, 0) is 4.12 Å². The summed E-state index contributed by atoms with van der Waals surface area (Å²) < 4.78 is 6.18. The van der Waals surface area contributed by atoms with E-state index in [-0.39, 0.29) is 0 Å². The van der Waals surface area contributed by atoms with E-state index >= 15 is 0 Å². The molecule has 1 nitrogen and oxygen atoms in total. The van der Waals surface area contributed by atoms with Gasteiger partial charge in [-0.15, -0.1) is 6.58 Å². The van der Waals surface area contributed by atoms with Crippen molar-refractivity contribution in [1.82, 2.24) is 0 Å². The van der Waals surface area contributed by atoms with Gasteiger partial charge in [0.25, 0.3) is 0 Å². The van der Waals surface area contributed by atoms with Gasteiger partial charge >= 0.3 is 0 Å². The number of rotatable bonds is 5. The average Bonchev–Trinajstić information content (AvgIpc) is 1.78. The topological polar surface area (TPSA) is 9.23 Å². The molecule has 0 radical (unpaired) electrons. The average molecular weight is 218 g/mol. The molecular formula is C8H21OSi3-. The van der Waals surface area contributed by atoms with Gasteiger partial charge < -0.3 is 13.6 Å². The first kappa shape index (κ1) is 12.4. The molecule has 0 fully saturated rings. The van der Waals surface area contributed by atoms with Crippen LogP contribution in [-0.4, -0.2) is 26.2 Å². The SMILES string of the molecule is C=C[SiH-]C[Si](C)(C)O[Si](C)(C)C. The molecule has 0 aromatic rings. The van der Waals surface area contributed by atoms with Crippen LogP contribution in [0.1, 0.15) is 0 Å². The molecule has 0 bridgehead atoms. The van der Waals surface area contributed by atoms with Crippen molar-refractivity contribution in [2.45, 2.75) is 38.4 Å². The summed E-state index contributed by atoms with van der Waals surface area (Å²) >= 11 is 0. The van der Waals surface area contributed by atoms with E-state index in [1.165, 1.54) is 5.67 Å². The van der Waals surface area contributed by atoms with Gasteiger partial charge in [-0.2, -0.15) is 5.67 Å². The Morgan fingerprint density at radius 3 is 2.08 bits per heavy atom. The molecule has 0 N–H and O–H groups in total. The summed E-state index contributed by atoms with van der Waals surface area (Å²) in [5.41, 5.74) is 3.36. The zero-order valence-electron chi connectivity index (χ0n) is 8.98. The van der Waals surface area contributed by atoms with Gasteiger partial charge in [-0.05, 0) is 32.7 Å². The zero-order chi connectivity index (χ0) is 9.83. The summed E-state index contributed by atoms with van der Waals surface area (Å²) in [6, 6.07) is 0. The smallest absolute Gasteiger partial charge is 0.170 e. The Morgan fingerprint density at radius 2 is 1.75 bits per heavy atom. The maximum Gasteiger partial charge on any atom is 0.170 e. The highest BCUT2D eigenvalue weighted by Crippen LogP contribution is 2.17. The van der Waals surface area contributed by atoms with Crippen LogP contribution in [0.25, 0.3) is 0 Å². The monoisotopic (exact) mass is 217 g/mol. The van der Waals surface area contributed by atoms with Crippen LogP contribution in [0.5, 0.6) is 0 Å². The van der Waals surface area contributed by atoms with E-state index in [0.29, 0.717) is 9.52 Å². The normalized spacial score (nSPS) is 12.8. The predicted octanol–water partition coefficient (Wildman–Crippen LogP) is 2.58. The Bertz CT molecular complexity index is 149. The molecule has 0 aromatic carbocycles. The molecular weight excluding hydrogens is 196 g/mol. The summed E-state index contributed by atoms with van der Waals surface area (Å²) in [5, 5.41) is 0. The van der Waals surface area contributed by atoms with Crippen LogP contribution in [0.2, 0.25) is 38.4 Å². The maximum atomic E-state index is 6.18. The molecule has 0 heterocycles. The molecule has 0 saturated heterocycles. The van der Waals surface area contributed by atoms with E-state index in [2.05, 4.69) is 45.0 Å². The van der Waals surface area contributed by atoms with Crippen LogP contribution in [0.3, 0.4) is 0 Å². The van der Waals surface area contributed by atoms with Crippen molar-refractivity contribution in [3.8, 4) is 0 Å². The van der Waals surface area contributed by atoms with Crippen molar-refractivity contribution in [2.24, 2.45) is 0 Å². The second kappa shape index (κ2) is 4.55. The lowest BCUT2D eigenvalue weighted by Gasteiger charge is -2.34. The van der Waals surface area contributed by atoms with Crippen LogP contribution < -0.4 is 0 Å². The van der Waals surface area contributed by atoms with Crippen LogP contribution >= 0.6 is 0 Å². The standard InChI is InChI=1S/C8H21OSi3/c1-7-10-8-12(5,6)9-11(2,3)4/h7,10H,1,8H2,2-6H3/q-1. The zero-order valence-corrected chi connectivity index (χ0v) is 12.1. The Labute approximate surface area is 81.3 Å².